The molecule has 1 atom stereocenters. The predicted molar refractivity (Wildman–Crippen MR) is 69.7 cm³/mol. The summed E-state index contributed by atoms with van der Waals surface area (Å²) < 4.78 is 38.1. The third-order valence-electron chi connectivity index (χ3n) is 3.01. The van der Waals surface area contributed by atoms with Gasteiger partial charge in [0.1, 0.15) is 5.82 Å². The molecule has 0 bridgehead atoms. The Hall–Kier alpha value is -1.43. The molecule has 0 aliphatic carbocycles. The Labute approximate surface area is 112 Å². The van der Waals surface area contributed by atoms with E-state index in [1.165, 1.54) is 13.0 Å². The standard InChI is InChI=1S/C13H17FO4S/c1-4-5-9(3)19(17,18)10-6-8(2)12(14)11(7-10)13(15)16/h6-7,9H,4-5H2,1-3H3,(H,15,16). The van der Waals surface area contributed by atoms with Crippen LogP contribution in [0, 0.1) is 12.7 Å². The third kappa shape index (κ3) is 3.12. The molecular formula is C13H17FO4S. The molecule has 1 aromatic rings. The van der Waals surface area contributed by atoms with E-state index in [9.17, 15) is 17.6 Å². The van der Waals surface area contributed by atoms with Crippen molar-refractivity contribution in [2.24, 2.45) is 0 Å². The van der Waals surface area contributed by atoms with Crippen molar-refractivity contribution in [3.8, 4) is 0 Å². The Balaban J connectivity index is 3.40. The van der Waals surface area contributed by atoms with E-state index >= 15 is 0 Å². The highest BCUT2D eigenvalue weighted by Crippen LogP contribution is 2.24. The molecule has 6 heteroatoms. The van der Waals surface area contributed by atoms with Crippen molar-refractivity contribution in [1.82, 2.24) is 0 Å². The lowest BCUT2D eigenvalue weighted by atomic mass is 10.1. The Kier molecular flexibility index (Phi) is 4.68. The van der Waals surface area contributed by atoms with Crippen LogP contribution in [0.2, 0.25) is 0 Å². The summed E-state index contributed by atoms with van der Waals surface area (Å²) in [5.41, 5.74) is -0.593. The van der Waals surface area contributed by atoms with Crippen LogP contribution in [0.25, 0.3) is 0 Å². The van der Waals surface area contributed by atoms with E-state index in [1.54, 1.807) is 6.92 Å². The van der Waals surface area contributed by atoms with E-state index in [1.807, 2.05) is 6.92 Å². The highest BCUT2D eigenvalue weighted by molar-refractivity contribution is 7.92. The van der Waals surface area contributed by atoms with Gasteiger partial charge in [-0.15, -0.1) is 0 Å². The highest BCUT2D eigenvalue weighted by atomic mass is 32.2. The SMILES string of the molecule is CCCC(C)S(=O)(=O)c1cc(C)c(F)c(C(=O)O)c1. The number of hydrogen-bond acceptors (Lipinski definition) is 3. The molecule has 0 aliphatic rings. The van der Waals surface area contributed by atoms with Gasteiger partial charge in [0.25, 0.3) is 0 Å². The van der Waals surface area contributed by atoms with Crippen molar-refractivity contribution < 1.29 is 22.7 Å². The number of carbonyl (C=O) groups is 1. The van der Waals surface area contributed by atoms with Crippen molar-refractivity contribution in [2.45, 2.75) is 43.8 Å². The lowest BCUT2D eigenvalue weighted by Crippen LogP contribution is -2.19. The topological polar surface area (TPSA) is 71.4 Å². The van der Waals surface area contributed by atoms with Crippen molar-refractivity contribution in [3.63, 3.8) is 0 Å². The van der Waals surface area contributed by atoms with Gasteiger partial charge in [-0.1, -0.05) is 13.3 Å². The fourth-order valence-electron chi connectivity index (χ4n) is 1.85. The van der Waals surface area contributed by atoms with E-state index in [-0.39, 0.29) is 10.5 Å². The first-order chi connectivity index (χ1) is 8.71. The van der Waals surface area contributed by atoms with Gasteiger partial charge in [0, 0.05) is 0 Å². The molecule has 0 fully saturated rings. The van der Waals surface area contributed by atoms with Crippen LogP contribution in [0.5, 0.6) is 0 Å². The summed E-state index contributed by atoms with van der Waals surface area (Å²) in [6, 6.07) is 2.08. The van der Waals surface area contributed by atoms with E-state index in [2.05, 4.69) is 0 Å². The molecule has 4 nitrogen and oxygen atoms in total. The summed E-state index contributed by atoms with van der Waals surface area (Å²) in [5.74, 6) is -2.37. The maximum absolute atomic E-state index is 13.6. The van der Waals surface area contributed by atoms with Crippen molar-refractivity contribution in [3.05, 3.63) is 29.1 Å². The van der Waals surface area contributed by atoms with Gasteiger partial charge in [-0.2, -0.15) is 0 Å². The summed E-state index contributed by atoms with van der Waals surface area (Å²) in [6.07, 6.45) is 1.17. The molecule has 0 amide bonds. The van der Waals surface area contributed by atoms with Crippen LogP contribution < -0.4 is 0 Å². The normalized spacial score (nSPS) is 13.3. The highest BCUT2D eigenvalue weighted by Gasteiger charge is 2.25. The van der Waals surface area contributed by atoms with Gasteiger partial charge in [-0.05, 0) is 38.0 Å². The number of aryl methyl sites for hydroxylation is 1. The summed E-state index contributed by atoms with van der Waals surface area (Å²) in [7, 11) is -3.63. The van der Waals surface area contributed by atoms with Gasteiger partial charge >= 0.3 is 5.97 Å². The number of hydrogen-bond donors (Lipinski definition) is 1. The van der Waals surface area contributed by atoms with Crippen LogP contribution in [0.4, 0.5) is 4.39 Å². The van der Waals surface area contributed by atoms with Gasteiger partial charge in [0.05, 0.1) is 15.7 Å². The van der Waals surface area contributed by atoms with Crippen LogP contribution in [0.15, 0.2) is 17.0 Å². The summed E-state index contributed by atoms with van der Waals surface area (Å²) in [5, 5.41) is 8.27. The first-order valence-corrected chi connectivity index (χ1v) is 7.53. The largest absolute Gasteiger partial charge is 0.478 e. The van der Waals surface area contributed by atoms with Gasteiger partial charge in [0.2, 0.25) is 0 Å². The fourth-order valence-corrected chi connectivity index (χ4v) is 3.48. The Morgan fingerprint density at radius 1 is 1.42 bits per heavy atom. The van der Waals surface area contributed by atoms with E-state index in [0.29, 0.717) is 12.8 Å². The Morgan fingerprint density at radius 2 is 2.00 bits per heavy atom. The van der Waals surface area contributed by atoms with Crippen molar-refractivity contribution in [2.75, 3.05) is 0 Å². The van der Waals surface area contributed by atoms with Gasteiger partial charge in [-0.3, -0.25) is 0 Å². The molecule has 0 spiro atoms. The number of carboxylic acids is 1. The maximum atomic E-state index is 13.6. The number of aromatic carboxylic acids is 1. The predicted octanol–water partition coefficient (Wildman–Crippen LogP) is 2.79. The molecule has 0 radical (unpaired) electrons. The third-order valence-corrected chi connectivity index (χ3v) is 5.20. The monoisotopic (exact) mass is 288 g/mol. The minimum atomic E-state index is -3.63. The molecule has 1 N–H and O–H groups in total. The van der Waals surface area contributed by atoms with Crippen molar-refractivity contribution >= 4 is 15.8 Å². The molecule has 1 aromatic carbocycles. The van der Waals surface area contributed by atoms with Crippen LogP contribution in [0.3, 0.4) is 0 Å². The zero-order valence-corrected chi connectivity index (χ0v) is 11.9. The molecule has 106 valence electrons. The fraction of sp³-hybridized carbons (Fsp3) is 0.462. The first-order valence-electron chi connectivity index (χ1n) is 5.99. The second-order valence-electron chi connectivity index (χ2n) is 4.55. The minimum absolute atomic E-state index is 0.0159. The molecule has 1 rings (SSSR count). The average Bonchev–Trinajstić information content (AvgIpc) is 2.32. The smallest absolute Gasteiger partial charge is 0.338 e. The lowest BCUT2D eigenvalue weighted by Gasteiger charge is -2.13. The summed E-state index contributed by atoms with van der Waals surface area (Å²) >= 11 is 0. The second kappa shape index (κ2) is 5.69. The molecule has 0 aliphatic heterocycles. The quantitative estimate of drug-likeness (QED) is 0.846. The Bertz CT molecular complexity index is 593. The van der Waals surface area contributed by atoms with Crippen molar-refractivity contribution in [1.29, 1.82) is 0 Å². The first kappa shape index (κ1) is 15.6. The molecule has 0 heterocycles. The van der Waals surface area contributed by atoms with E-state index in [4.69, 9.17) is 5.11 Å². The lowest BCUT2D eigenvalue weighted by molar-refractivity contribution is 0.0691. The molecule has 0 saturated heterocycles. The second-order valence-corrected chi connectivity index (χ2v) is 6.92. The zero-order valence-electron chi connectivity index (χ0n) is 11.1. The van der Waals surface area contributed by atoms with E-state index in [0.717, 1.165) is 6.07 Å². The molecule has 0 aromatic heterocycles. The summed E-state index contributed by atoms with van der Waals surface area (Å²) in [6.45, 7) is 4.79. The van der Waals surface area contributed by atoms with Crippen LogP contribution in [-0.2, 0) is 9.84 Å². The zero-order chi connectivity index (χ0) is 14.8. The number of halogens is 1. The average molecular weight is 288 g/mol. The number of carboxylic acid groups (broad SMARTS) is 1. The number of sulfone groups is 1. The summed E-state index contributed by atoms with van der Waals surface area (Å²) in [4.78, 5) is 10.8. The molecule has 19 heavy (non-hydrogen) atoms. The molecular weight excluding hydrogens is 271 g/mol. The van der Waals surface area contributed by atoms with Crippen LogP contribution in [0.1, 0.15) is 42.6 Å². The number of rotatable bonds is 5. The molecule has 0 saturated carbocycles. The van der Waals surface area contributed by atoms with E-state index < -0.39 is 32.4 Å². The van der Waals surface area contributed by atoms with Crippen LogP contribution >= 0.6 is 0 Å². The Morgan fingerprint density at radius 3 is 2.47 bits per heavy atom. The molecule has 1 unspecified atom stereocenters. The maximum Gasteiger partial charge on any atom is 0.338 e. The minimum Gasteiger partial charge on any atom is -0.478 e. The number of benzene rings is 1. The van der Waals surface area contributed by atoms with Gasteiger partial charge in [-0.25, -0.2) is 17.6 Å². The van der Waals surface area contributed by atoms with Gasteiger partial charge < -0.3 is 5.11 Å². The van der Waals surface area contributed by atoms with Gasteiger partial charge in [0.15, 0.2) is 9.84 Å². The van der Waals surface area contributed by atoms with Crippen LogP contribution in [-0.4, -0.2) is 24.7 Å².